The van der Waals surface area contributed by atoms with E-state index in [0.717, 1.165) is 24.6 Å². The Hall–Kier alpha value is -2.47. The average Bonchev–Trinajstić information content (AvgIpc) is 2.57. The monoisotopic (exact) mass is 312 g/mol. The molecule has 1 saturated heterocycles. The molecule has 23 heavy (non-hydrogen) atoms. The van der Waals surface area contributed by atoms with E-state index in [1.165, 1.54) is 0 Å². The van der Waals surface area contributed by atoms with Crippen molar-refractivity contribution in [3.05, 3.63) is 57.6 Å². The topological polar surface area (TPSA) is 90.9 Å². The van der Waals surface area contributed by atoms with Gasteiger partial charge in [-0.15, -0.1) is 0 Å². The number of aromatic nitrogens is 2. The molecule has 2 heterocycles. The molecule has 1 aliphatic heterocycles. The fourth-order valence-corrected chi connectivity index (χ4v) is 2.68. The molecule has 6 nitrogen and oxygen atoms in total. The zero-order valence-electron chi connectivity index (χ0n) is 12.8. The van der Waals surface area contributed by atoms with Crippen molar-refractivity contribution in [1.29, 1.82) is 5.41 Å². The summed E-state index contributed by atoms with van der Waals surface area (Å²) in [5.74, 6) is 1.09. The van der Waals surface area contributed by atoms with Gasteiger partial charge in [0.1, 0.15) is 11.6 Å². The molecule has 1 aromatic heterocycles. The van der Waals surface area contributed by atoms with Crippen LogP contribution in [0, 0.1) is 5.41 Å². The fourth-order valence-electron chi connectivity index (χ4n) is 2.68. The van der Waals surface area contributed by atoms with Crippen molar-refractivity contribution in [2.75, 3.05) is 18.5 Å². The van der Waals surface area contributed by atoms with Crippen molar-refractivity contribution >= 4 is 12.0 Å². The van der Waals surface area contributed by atoms with Crippen LogP contribution in [0.15, 0.2) is 35.1 Å². The highest BCUT2D eigenvalue weighted by atomic mass is 16.5. The van der Waals surface area contributed by atoms with Crippen LogP contribution < -0.4 is 10.9 Å². The summed E-state index contributed by atoms with van der Waals surface area (Å²) in [6.07, 6.45) is 3.36. The number of ether oxygens (including phenoxy) is 1. The Morgan fingerprint density at radius 3 is 2.74 bits per heavy atom. The van der Waals surface area contributed by atoms with E-state index in [0.29, 0.717) is 31.3 Å². The SMILES string of the molecule is N=Cc1c(NC2CCOCC2)nc(Cc2ccccc2)[nH]c1=O. The lowest BCUT2D eigenvalue weighted by Gasteiger charge is -2.24. The van der Waals surface area contributed by atoms with Crippen LogP contribution in [0.25, 0.3) is 0 Å². The number of rotatable bonds is 5. The minimum Gasteiger partial charge on any atom is -0.381 e. The molecule has 120 valence electrons. The molecule has 6 heteroatoms. The van der Waals surface area contributed by atoms with E-state index in [1.54, 1.807) is 0 Å². The van der Waals surface area contributed by atoms with Crippen LogP contribution in [-0.2, 0) is 11.2 Å². The van der Waals surface area contributed by atoms with Gasteiger partial charge in [0.05, 0.1) is 5.56 Å². The highest BCUT2D eigenvalue weighted by Gasteiger charge is 2.17. The molecular weight excluding hydrogens is 292 g/mol. The Morgan fingerprint density at radius 2 is 2.04 bits per heavy atom. The van der Waals surface area contributed by atoms with E-state index in [-0.39, 0.29) is 17.2 Å². The van der Waals surface area contributed by atoms with E-state index in [4.69, 9.17) is 10.1 Å². The van der Waals surface area contributed by atoms with Gasteiger partial charge in [-0.05, 0) is 18.4 Å². The second-order valence-corrected chi connectivity index (χ2v) is 5.61. The van der Waals surface area contributed by atoms with Gasteiger partial charge in [-0.3, -0.25) is 4.79 Å². The Balaban J connectivity index is 1.87. The van der Waals surface area contributed by atoms with E-state index in [1.807, 2.05) is 30.3 Å². The number of nitrogens with zero attached hydrogens (tertiary/aromatic N) is 1. The molecular formula is C17H20N4O2. The zero-order chi connectivity index (χ0) is 16.1. The molecule has 1 aliphatic rings. The zero-order valence-corrected chi connectivity index (χ0v) is 12.8. The van der Waals surface area contributed by atoms with Crippen molar-refractivity contribution in [2.45, 2.75) is 25.3 Å². The van der Waals surface area contributed by atoms with E-state index in [2.05, 4.69) is 15.3 Å². The summed E-state index contributed by atoms with van der Waals surface area (Å²) in [5, 5.41) is 10.8. The molecule has 3 N–H and O–H groups in total. The van der Waals surface area contributed by atoms with E-state index in [9.17, 15) is 4.79 Å². The highest BCUT2D eigenvalue weighted by molar-refractivity contribution is 5.83. The van der Waals surface area contributed by atoms with Crippen molar-refractivity contribution in [3.8, 4) is 0 Å². The normalized spacial score (nSPS) is 15.3. The van der Waals surface area contributed by atoms with Crippen molar-refractivity contribution < 1.29 is 4.74 Å². The number of aromatic amines is 1. The second kappa shape index (κ2) is 7.19. The third-order valence-electron chi connectivity index (χ3n) is 3.93. The summed E-state index contributed by atoms with van der Waals surface area (Å²) in [4.78, 5) is 19.5. The number of nitrogens with one attached hydrogen (secondary N) is 3. The van der Waals surface area contributed by atoms with Gasteiger partial charge < -0.3 is 20.4 Å². The molecule has 0 bridgehead atoms. The van der Waals surface area contributed by atoms with Crippen molar-refractivity contribution in [2.24, 2.45) is 0 Å². The lowest BCUT2D eigenvalue weighted by Crippen LogP contribution is -2.30. The number of hydrogen-bond acceptors (Lipinski definition) is 5. The van der Waals surface area contributed by atoms with E-state index >= 15 is 0 Å². The fraction of sp³-hybridized carbons (Fsp3) is 0.353. The van der Waals surface area contributed by atoms with Crippen LogP contribution in [0.3, 0.4) is 0 Å². The lowest BCUT2D eigenvalue weighted by molar-refractivity contribution is 0.0904. The minimum atomic E-state index is -0.282. The molecule has 0 aliphatic carbocycles. The van der Waals surface area contributed by atoms with Gasteiger partial charge in [0.15, 0.2) is 0 Å². The predicted octanol–water partition coefficient (Wildman–Crippen LogP) is 1.95. The smallest absolute Gasteiger partial charge is 0.261 e. The number of hydrogen-bond donors (Lipinski definition) is 3. The first-order valence-corrected chi connectivity index (χ1v) is 7.78. The standard InChI is InChI=1S/C17H20N4O2/c18-11-14-16(19-13-6-8-23-9-7-13)20-15(21-17(14)22)10-12-4-2-1-3-5-12/h1-5,11,13,18H,6-10H2,(H2,19,20,21,22). The molecule has 0 radical (unpaired) electrons. The first-order chi connectivity index (χ1) is 11.3. The van der Waals surface area contributed by atoms with Crippen LogP contribution >= 0.6 is 0 Å². The van der Waals surface area contributed by atoms with Crippen LogP contribution in [0.1, 0.15) is 29.8 Å². The van der Waals surface area contributed by atoms with Gasteiger partial charge in [-0.2, -0.15) is 0 Å². The summed E-state index contributed by atoms with van der Waals surface area (Å²) < 4.78 is 5.35. The van der Waals surface area contributed by atoms with Crippen LogP contribution in [0.4, 0.5) is 5.82 Å². The Labute approximate surface area is 134 Å². The molecule has 2 aromatic rings. The quantitative estimate of drug-likeness (QED) is 0.736. The van der Waals surface area contributed by atoms with Gasteiger partial charge in [0.25, 0.3) is 5.56 Å². The van der Waals surface area contributed by atoms with Crippen molar-refractivity contribution in [3.63, 3.8) is 0 Å². The first kappa shape index (κ1) is 15.4. The first-order valence-electron chi connectivity index (χ1n) is 7.78. The summed E-state index contributed by atoms with van der Waals surface area (Å²) in [5.41, 5.74) is 1.07. The van der Waals surface area contributed by atoms with Crippen molar-refractivity contribution in [1.82, 2.24) is 9.97 Å². The van der Waals surface area contributed by atoms with Gasteiger partial charge in [0.2, 0.25) is 0 Å². The lowest BCUT2D eigenvalue weighted by atomic mass is 10.1. The molecule has 1 aromatic carbocycles. The molecule has 0 unspecified atom stereocenters. The summed E-state index contributed by atoms with van der Waals surface area (Å²) in [6.45, 7) is 1.41. The Kier molecular flexibility index (Phi) is 4.83. The van der Waals surface area contributed by atoms with E-state index < -0.39 is 0 Å². The summed E-state index contributed by atoms with van der Waals surface area (Å²) in [6, 6.07) is 10.1. The van der Waals surface area contributed by atoms with Gasteiger partial charge in [-0.25, -0.2) is 4.98 Å². The number of anilines is 1. The maximum absolute atomic E-state index is 12.2. The molecule has 0 spiro atoms. The molecule has 0 saturated carbocycles. The third-order valence-corrected chi connectivity index (χ3v) is 3.93. The Morgan fingerprint density at radius 1 is 1.30 bits per heavy atom. The third kappa shape index (κ3) is 3.84. The Bertz CT molecular complexity index is 721. The molecule has 3 rings (SSSR count). The molecule has 1 fully saturated rings. The number of benzene rings is 1. The molecule has 0 amide bonds. The summed E-state index contributed by atoms with van der Waals surface area (Å²) >= 11 is 0. The average molecular weight is 312 g/mol. The van der Waals surface area contributed by atoms with Crippen LogP contribution in [0.5, 0.6) is 0 Å². The second-order valence-electron chi connectivity index (χ2n) is 5.61. The largest absolute Gasteiger partial charge is 0.381 e. The van der Waals surface area contributed by atoms with Crippen LogP contribution in [0.2, 0.25) is 0 Å². The maximum Gasteiger partial charge on any atom is 0.261 e. The van der Waals surface area contributed by atoms with Gasteiger partial charge in [-0.1, -0.05) is 30.3 Å². The minimum absolute atomic E-state index is 0.223. The highest BCUT2D eigenvalue weighted by Crippen LogP contribution is 2.15. The van der Waals surface area contributed by atoms with Gasteiger partial charge >= 0.3 is 0 Å². The maximum atomic E-state index is 12.2. The van der Waals surface area contributed by atoms with Gasteiger partial charge in [0, 0.05) is 31.9 Å². The summed E-state index contributed by atoms with van der Waals surface area (Å²) in [7, 11) is 0. The molecule has 0 atom stereocenters. The predicted molar refractivity (Wildman–Crippen MR) is 89.5 cm³/mol. The number of H-pyrrole nitrogens is 1. The van der Waals surface area contributed by atoms with Crippen LogP contribution in [-0.4, -0.2) is 35.4 Å².